The zero-order valence-electron chi connectivity index (χ0n) is 17.2. The van der Waals surface area contributed by atoms with Crippen LogP contribution in [0.25, 0.3) is 21.7 Å². The van der Waals surface area contributed by atoms with E-state index in [2.05, 4.69) is 49.3 Å². The summed E-state index contributed by atoms with van der Waals surface area (Å²) in [5.74, 6) is 0.0660. The number of amides is 2. The minimum absolute atomic E-state index is 0.0185. The first-order valence-corrected chi connectivity index (χ1v) is 10.4. The zero-order chi connectivity index (χ0) is 20.5. The third kappa shape index (κ3) is 3.57. The standard InChI is InChI=1S/C24H27N3O2/c1-15(2)20-13-21-19(10-11-25-23(21)18-9-5-4-8-17(18)20)24(29)26-14-22(28)27-12-6-7-16(27)3/h4-5,8-11,13,15-16H,6-7,12,14H2,1-3H3,(H,26,29). The summed E-state index contributed by atoms with van der Waals surface area (Å²) in [5.41, 5.74) is 2.57. The van der Waals surface area contributed by atoms with Crippen LogP contribution in [-0.4, -0.2) is 40.8 Å². The molecule has 1 aliphatic heterocycles. The van der Waals surface area contributed by atoms with Gasteiger partial charge in [0.05, 0.1) is 17.6 Å². The maximum Gasteiger partial charge on any atom is 0.252 e. The van der Waals surface area contributed by atoms with Crippen LogP contribution in [0.4, 0.5) is 0 Å². The molecule has 2 heterocycles. The van der Waals surface area contributed by atoms with Crippen LogP contribution in [0.15, 0.2) is 42.6 Å². The maximum atomic E-state index is 13.0. The van der Waals surface area contributed by atoms with Gasteiger partial charge in [-0.25, -0.2) is 0 Å². The van der Waals surface area contributed by atoms with Crippen LogP contribution in [0, 0.1) is 0 Å². The summed E-state index contributed by atoms with van der Waals surface area (Å²) in [6.45, 7) is 7.16. The van der Waals surface area contributed by atoms with E-state index in [1.807, 2.05) is 17.0 Å². The van der Waals surface area contributed by atoms with Gasteiger partial charge < -0.3 is 10.2 Å². The molecule has 1 fully saturated rings. The lowest BCUT2D eigenvalue weighted by Crippen LogP contribution is -2.41. The Labute approximate surface area is 171 Å². The average Bonchev–Trinajstić information content (AvgIpc) is 3.16. The molecule has 1 aromatic heterocycles. The van der Waals surface area contributed by atoms with E-state index in [4.69, 9.17) is 0 Å². The SMILES string of the molecule is CC(C)c1cc2c(C(=O)NCC(=O)N3CCCC3C)ccnc2c2ccccc12. The van der Waals surface area contributed by atoms with Crippen LogP contribution in [0.3, 0.4) is 0 Å². The van der Waals surface area contributed by atoms with E-state index in [1.165, 1.54) is 10.9 Å². The first-order chi connectivity index (χ1) is 14.0. The second kappa shape index (κ2) is 7.82. The monoisotopic (exact) mass is 389 g/mol. The Morgan fingerprint density at radius 3 is 2.62 bits per heavy atom. The Hall–Kier alpha value is -2.95. The molecule has 1 atom stereocenters. The Kier molecular flexibility index (Phi) is 5.22. The van der Waals surface area contributed by atoms with Gasteiger partial charge in [0, 0.05) is 29.6 Å². The Balaban J connectivity index is 1.68. The highest BCUT2D eigenvalue weighted by Crippen LogP contribution is 2.33. The number of benzene rings is 2. The minimum Gasteiger partial charge on any atom is -0.343 e. The molecule has 2 aromatic carbocycles. The lowest BCUT2D eigenvalue weighted by atomic mass is 9.92. The molecule has 1 saturated heterocycles. The number of rotatable bonds is 4. The third-order valence-corrected chi connectivity index (χ3v) is 5.92. The molecule has 1 aliphatic rings. The molecule has 5 heteroatoms. The van der Waals surface area contributed by atoms with Crippen molar-refractivity contribution in [2.75, 3.05) is 13.1 Å². The molecule has 5 nitrogen and oxygen atoms in total. The van der Waals surface area contributed by atoms with Crippen LogP contribution >= 0.6 is 0 Å². The van der Waals surface area contributed by atoms with Gasteiger partial charge >= 0.3 is 0 Å². The normalized spacial score (nSPS) is 16.7. The van der Waals surface area contributed by atoms with Gasteiger partial charge in [0.15, 0.2) is 0 Å². The fourth-order valence-electron chi connectivity index (χ4n) is 4.34. The van der Waals surface area contributed by atoms with E-state index in [0.29, 0.717) is 11.5 Å². The van der Waals surface area contributed by atoms with E-state index in [1.54, 1.807) is 12.3 Å². The van der Waals surface area contributed by atoms with Gasteiger partial charge in [-0.2, -0.15) is 0 Å². The van der Waals surface area contributed by atoms with Crippen LogP contribution in [-0.2, 0) is 4.79 Å². The molecule has 0 aliphatic carbocycles. The summed E-state index contributed by atoms with van der Waals surface area (Å²) < 4.78 is 0. The fourth-order valence-corrected chi connectivity index (χ4v) is 4.34. The highest BCUT2D eigenvalue weighted by atomic mass is 16.2. The van der Waals surface area contributed by atoms with E-state index >= 15 is 0 Å². The van der Waals surface area contributed by atoms with Crippen molar-refractivity contribution < 1.29 is 9.59 Å². The average molecular weight is 389 g/mol. The van der Waals surface area contributed by atoms with Crippen molar-refractivity contribution in [2.24, 2.45) is 0 Å². The third-order valence-electron chi connectivity index (χ3n) is 5.92. The second-order valence-corrected chi connectivity index (χ2v) is 8.18. The number of hydrogen-bond donors (Lipinski definition) is 1. The van der Waals surface area contributed by atoms with Crippen molar-refractivity contribution in [3.8, 4) is 0 Å². The lowest BCUT2D eigenvalue weighted by Gasteiger charge is -2.21. The van der Waals surface area contributed by atoms with Crippen molar-refractivity contribution in [1.82, 2.24) is 15.2 Å². The highest BCUT2D eigenvalue weighted by Gasteiger charge is 2.25. The van der Waals surface area contributed by atoms with Gasteiger partial charge in [-0.3, -0.25) is 14.6 Å². The molecule has 3 aromatic rings. The summed E-state index contributed by atoms with van der Waals surface area (Å²) in [7, 11) is 0. The number of carbonyl (C=O) groups is 2. The molecule has 1 N–H and O–H groups in total. The van der Waals surface area contributed by atoms with E-state index in [-0.39, 0.29) is 24.4 Å². The molecule has 0 bridgehead atoms. The van der Waals surface area contributed by atoms with Crippen LogP contribution < -0.4 is 5.32 Å². The lowest BCUT2D eigenvalue weighted by molar-refractivity contribution is -0.130. The van der Waals surface area contributed by atoms with Crippen LogP contribution in [0.5, 0.6) is 0 Å². The van der Waals surface area contributed by atoms with Gasteiger partial charge in [-0.05, 0) is 48.8 Å². The first kappa shape index (κ1) is 19.4. The topological polar surface area (TPSA) is 62.3 Å². The molecular weight excluding hydrogens is 362 g/mol. The largest absolute Gasteiger partial charge is 0.343 e. The number of aromatic nitrogens is 1. The summed E-state index contributed by atoms with van der Waals surface area (Å²) in [4.78, 5) is 31.9. The van der Waals surface area contributed by atoms with Crippen molar-refractivity contribution in [3.63, 3.8) is 0 Å². The molecule has 0 saturated carbocycles. The summed E-state index contributed by atoms with van der Waals surface area (Å²) in [6.07, 6.45) is 3.73. The molecule has 1 unspecified atom stereocenters. The zero-order valence-corrected chi connectivity index (χ0v) is 17.2. The molecular formula is C24H27N3O2. The van der Waals surface area contributed by atoms with Gasteiger partial charge in [0.1, 0.15) is 0 Å². The van der Waals surface area contributed by atoms with Crippen molar-refractivity contribution >= 4 is 33.5 Å². The van der Waals surface area contributed by atoms with Gasteiger partial charge in [-0.15, -0.1) is 0 Å². The number of nitrogens with zero attached hydrogens (tertiary/aromatic N) is 2. The van der Waals surface area contributed by atoms with Crippen molar-refractivity contribution in [2.45, 2.75) is 45.6 Å². The molecule has 2 amide bonds. The highest BCUT2D eigenvalue weighted by molar-refractivity contribution is 6.14. The molecule has 29 heavy (non-hydrogen) atoms. The maximum absolute atomic E-state index is 13.0. The Morgan fingerprint density at radius 1 is 1.17 bits per heavy atom. The fraction of sp³-hybridized carbons (Fsp3) is 0.375. The number of carbonyl (C=O) groups excluding carboxylic acids is 2. The predicted octanol–water partition coefficient (Wildman–Crippen LogP) is 4.25. The van der Waals surface area contributed by atoms with Crippen LogP contribution in [0.1, 0.15) is 55.5 Å². The van der Waals surface area contributed by atoms with E-state index in [9.17, 15) is 9.59 Å². The number of pyridine rings is 1. The minimum atomic E-state index is -0.234. The summed E-state index contributed by atoms with van der Waals surface area (Å²) >= 11 is 0. The first-order valence-electron chi connectivity index (χ1n) is 10.4. The van der Waals surface area contributed by atoms with Gasteiger partial charge in [0.25, 0.3) is 5.91 Å². The van der Waals surface area contributed by atoms with E-state index in [0.717, 1.165) is 35.7 Å². The summed E-state index contributed by atoms with van der Waals surface area (Å²) in [6, 6.07) is 12.2. The van der Waals surface area contributed by atoms with Crippen molar-refractivity contribution in [3.05, 3.63) is 53.7 Å². The number of fused-ring (bicyclic) bond motifs is 3. The smallest absolute Gasteiger partial charge is 0.252 e. The quantitative estimate of drug-likeness (QED) is 0.679. The number of likely N-dealkylation sites (tertiary alicyclic amines) is 1. The molecule has 0 radical (unpaired) electrons. The van der Waals surface area contributed by atoms with E-state index < -0.39 is 0 Å². The molecule has 150 valence electrons. The number of nitrogens with one attached hydrogen (secondary N) is 1. The Bertz CT molecular complexity index is 1090. The number of hydrogen-bond acceptors (Lipinski definition) is 3. The second-order valence-electron chi connectivity index (χ2n) is 8.18. The van der Waals surface area contributed by atoms with Crippen molar-refractivity contribution in [1.29, 1.82) is 0 Å². The Morgan fingerprint density at radius 2 is 1.93 bits per heavy atom. The van der Waals surface area contributed by atoms with Gasteiger partial charge in [-0.1, -0.05) is 38.1 Å². The molecule has 0 spiro atoms. The van der Waals surface area contributed by atoms with Crippen LogP contribution in [0.2, 0.25) is 0 Å². The summed E-state index contributed by atoms with van der Waals surface area (Å²) in [5, 5.41) is 5.87. The molecule has 4 rings (SSSR count). The predicted molar refractivity (Wildman–Crippen MR) is 116 cm³/mol. The van der Waals surface area contributed by atoms with Gasteiger partial charge in [0.2, 0.25) is 5.91 Å².